The van der Waals surface area contributed by atoms with Gasteiger partial charge in [-0.25, -0.2) is 4.79 Å². The van der Waals surface area contributed by atoms with E-state index in [1.165, 1.54) is 0 Å². The molecule has 0 rings (SSSR count). The maximum absolute atomic E-state index is 10.9. The lowest BCUT2D eigenvalue weighted by Gasteiger charge is -2.13. The third-order valence-corrected chi connectivity index (χ3v) is 2.96. The minimum atomic E-state index is -1.13. The summed E-state index contributed by atoms with van der Waals surface area (Å²) in [4.78, 5) is 21.5. The molecule has 0 radical (unpaired) electrons. The van der Waals surface area contributed by atoms with Crippen molar-refractivity contribution in [2.45, 2.75) is 29.4 Å². The quantitative estimate of drug-likeness (QED) is 0.599. The second-order valence-corrected chi connectivity index (χ2v) is 6.44. The minimum absolute atomic E-state index is 0.236. The number of halogens is 2. The van der Waals surface area contributed by atoms with Crippen molar-refractivity contribution in [3.05, 3.63) is 0 Å². The van der Waals surface area contributed by atoms with Crippen molar-refractivity contribution in [2.75, 3.05) is 6.61 Å². The number of rotatable bonds is 6. The van der Waals surface area contributed by atoms with Crippen LogP contribution in [0.5, 0.6) is 0 Å². The van der Waals surface area contributed by atoms with Crippen LogP contribution in [-0.4, -0.2) is 26.9 Å². The van der Waals surface area contributed by atoms with Crippen LogP contribution < -0.4 is 0 Å². The lowest BCUT2D eigenvalue weighted by atomic mass is 10.2. The number of carboxylic acids is 1. The fourth-order valence-electron chi connectivity index (χ4n) is 0.795. The Balaban J connectivity index is 3.74. The Labute approximate surface area is 99.3 Å². The van der Waals surface area contributed by atoms with Crippen molar-refractivity contribution in [3.8, 4) is 0 Å². The average Bonchev–Trinajstić information content (AvgIpc) is 2.04. The molecule has 0 aliphatic heterocycles. The highest BCUT2D eigenvalue weighted by Crippen LogP contribution is 2.32. The maximum atomic E-state index is 10.9. The zero-order valence-electron chi connectivity index (χ0n) is 7.76. The number of aliphatic carboxylic acids is 1. The molecule has 14 heavy (non-hydrogen) atoms. The van der Waals surface area contributed by atoms with Gasteiger partial charge in [0.2, 0.25) is 0 Å². The molecule has 0 atom stereocenters. The van der Waals surface area contributed by atoms with E-state index in [-0.39, 0.29) is 12.4 Å². The summed E-state index contributed by atoms with van der Waals surface area (Å²) >= 11 is 6.00. The molecule has 0 aromatic rings. The Kier molecular flexibility index (Phi) is 6.35. The molecule has 0 amide bonds. The second-order valence-electron chi connectivity index (χ2n) is 2.67. The lowest BCUT2D eigenvalue weighted by Crippen LogP contribution is -2.24. The molecule has 0 aromatic carbocycles. The molecule has 6 heteroatoms. The average molecular weight is 332 g/mol. The second kappa shape index (κ2) is 6.40. The molecular weight excluding hydrogens is 320 g/mol. The van der Waals surface area contributed by atoms with Crippen molar-refractivity contribution in [1.29, 1.82) is 0 Å². The zero-order valence-corrected chi connectivity index (χ0v) is 10.9. The van der Waals surface area contributed by atoms with E-state index in [9.17, 15) is 9.59 Å². The summed E-state index contributed by atoms with van der Waals surface area (Å²) in [6, 6.07) is 0. The van der Waals surface area contributed by atoms with Crippen molar-refractivity contribution in [3.63, 3.8) is 0 Å². The van der Waals surface area contributed by atoms with Crippen molar-refractivity contribution in [1.82, 2.24) is 0 Å². The van der Waals surface area contributed by atoms with Crippen molar-refractivity contribution < 1.29 is 19.4 Å². The Morgan fingerprint density at radius 3 is 2.43 bits per heavy atom. The monoisotopic (exact) mass is 330 g/mol. The number of esters is 1. The summed E-state index contributed by atoms with van der Waals surface area (Å²) in [5.41, 5.74) is 0. The van der Waals surface area contributed by atoms with Gasteiger partial charge in [0.05, 0.1) is 6.61 Å². The predicted octanol–water partition coefficient (Wildman–Crippen LogP) is 2.29. The summed E-state index contributed by atoms with van der Waals surface area (Å²) in [5, 5.41) is 8.70. The third-order valence-electron chi connectivity index (χ3n) is 1.49. The fourth-order valence-corrected chi connectivity index (χ4v) is 1.36. The summed E-state index contributed by atoms with van der Waals surface area (Å²) in [6.45, 7) is 2.08. The van der Waals surface area contributed by atoms with E-state index in [1.54, 1.807) is 6.92 Å². The van der Waals surface area contributed by atoms with E-state index in [0.717, 1.165) is 0 Å². The van der Waals surface area contributed by atoms with E-state index in [2.05, 4.69) is 31.9 Å². The van der Waals surface area contributed by atoms with Crippen molar-refractivity contribution in [2.24, 2.45) is 0 Å². The van der Waals surface area contributed by atoms with Gasteiger partial charge in [0.25, 0.3) is 0 Å². The largest absolute Gasteiger partial charge is 0.480 e. The Morgan fingerprint density at radius 1 is 1.43 bits per heavy atom. The maximum Gasteiger partial charge on any atom is 0.331 e. The molecule has 0 unspecified atom stereocenters. The highest BCUT2D eigenvalue weighted by Gasteiger charge is 2.31. The number of ether oxygens (including phenoxy) is 1. The molecule has 1 N–H and O–H groups in total. The van der Waals surface area contributed by atoms with Gasteiger partial charge in [0.1, 0.15) is 0 Å². The number of alkyl halides is 2. The normalized spacial score (nSPS) is 11.1. The summed E-state index contributed by atoms with van der Waals surface area (Å²) < 4.78 is 3.57. The topological polar surface area (TPSA) is 63.6 Å². The van der Waals surface area contributed by atoms with E-state index < -0.39 is 9.20 Å². The molecule has 0 bridgehead atoms. The number of hydrogen-bond donors (Lipinski definition) is 1. The number of hydrogen-bond acceptors (Lipinski definition) is 3. The van der Waals surface area contributed by atoms with Crippen LogP contribution in [0.3, 0.4) is 0 Å². The number of carboxylic acid groups (broad SMARTS) is 1. The Morgan fingerprint density at radius 2 is 2.00 bits per heavy atom. The van der Waals surface area contributed by atoms with Gasteiger partial charge in [-0.3, -0.25) is 4.79 Å². The predicted molar refractivity (Wildman–Crippen MR) is 58.7 cm³/mol. The minimum Gasteiger partial charge on any atom is -0.480 e. The van der Waals surface area contributed by atoms with Gasteiger partial charge in [-0.05, 0) is 19.8 Å². The van der Waals surface area contributed by atoms with Crippen LogP contribution in [0.2, 0.25) is 0 Å². The molecule has 4 nitrogen and oxygen atoms in total. The van der Waals surface area contributed by atoms with E-state index in [1.807, 2.05) is 0 Å². The summed E-state index contributed by atoms with van der Waals surface area (Å²) in [5.74, 6) is -1.30. The SMILES string of the molecule is CCOC(=O)CCCC(Br)(Br)C(=O)O. The van der Waals surface area contributed by atoms with E-state index >= 15 is 0 Å². The molecule has 0 saturated carbocycles. The fraction of sp³-hybridized carbons (Fsp3) is 0.750. The zero-order chi connectivity index (χ0) is 11.2. The standard InChI is InChI=1S/C8H12Br2O4/c1-2-14-6(11)4-3-5-8(9,10)7(12)13/h2-5H2,1H3,(H,12,13). The molecule has 0 aliphatic rings. The molecule has 0 fully saturated rings. The van der Waals surface area contributed by atoms with Crippen molar-refractivity contribution >= 4 is 43.8 Å². The van der Waals surface area contributed by atoms with Gasteiger partial charge >= 0.3 is 11.9 Å². The Hall–Kier alpha value is -0.100. The molecule has 0 saturated heterocycles. The first kappa shape index (κ1) is 13.9. The lowest BCUT2D eigenvalue weighted by molar-refractivity contribution is -0.143. The van der Waals surface area contributed by atoms with Crippen LogP contribution >= 0.6 is 31.9 Å². The van der Waals surface area contributed by atoms with Crippen LogP contribution in [0.1, 0.15) is 26.2 Å². The van der Waals surface area contributed by atoms with Crippen LogP contribution in [-0.2, 0) is 14.3 Å². The van der Waals surface area contributed by atoms with Gasteiger partial charge in [0, 0.05) is 6.42 Å². The van der Waals surface area contributed by atoms with E-state index in [4.69, 9.17) is 9.84 Å². The highest BCUT2D eigenvalue weighted by atomic mass is 79.9. The van der Waals surface area contributed by atoms with Gasteiger partial charge in [-0.1, -0.05) is 31.9 Å². The molecule has 0 aliphatic carbocycles. The van der Waals surface area contributed by atoms with E-state index in [0.29, 0.717) is 19.4 Å². The Bertz CT molecular complexity index is 215. The first-order valence-corrected chi connectivity index (χ1v) is 5.75. The van der Waals surface area contributed by atoms with Gasteiger partial charge in [-0.2, -0.15) is 0 Å². The van der Waals surface area contributed by atoms with Gasteiger partial charge in [-0.15, -0.1) is 0 Å². The van der Waals surface area contributed by atoms with Crippen LogP contribution in [0, 0.1) is 0 Å². The first-order chi connectivity index (χ1) is 6.40. The third kappa shape index (κ3) is 5.59. The summed E-state index contributed by atoms with van der Waals surface area (Å²) in [7, 11) is 0. The molecular formula is C8H12Br2O4. The van der Waals surface area contributed by atoms with Gasteiger partial charge in [0.15, 0.2) is 3.23 Å². The van der Waals surface area contributed by atoms with Crippen LogP contribution in [0.25, 0.3) is 0 Å². The summed E-state index contributed by atoms with van der Waals surface area (Å²) in [6.07, 6.45) is 1.02. The van der Waals surface area contributed by atoms with Gasteiger partial charge < -0.3 is 9.84 Å². The highest BCUT2D eigenvalue weighted by molar-refractivity contribution is 9.25. The van der Waals surface area contributed by atoms with Crippen LogP contribution in [0.4, 0.5) is 0 Å². The molecule has 0 spiro atoms. The smallest absolute Gasteiger partial charge is 0.331 e. The first-order valence-electron chi connectivity index (χ1n) is 4.17. The number of carbonyl (C=O) groups is 2. The number of carbonyl (C=O) groups excluding carboxylic acids is 1. The molecule has 0 heterocycles. The van der Waals surface area contributed by atoms with Crippen LogP contribution in [0.15, 0.2) is 0 Å². The molecule has 0 aromatic heterocycles. The molecule has 82 valence electrons.